The first kappa shape index (κ1) is 7.36. The zero-order valence-electron chi connectivity index (χ0n) is 6.06. The summed E-state index contributed by atoms with van der Waals surface area (Å²) in [7, 11) is -3.27. The highest BCUT2D eigenvalue weighted by Gasteiger charge is 2.21. The minimum Gasteiger partial charge on any atom is -0.507 e. The average Bonchev–Trinajstić information content (AvgIpc) is 2.30. The van der Waals surface area contributed by atoms with E-state index in [-0.39, 0.29) is 10.6 Å². The van der Waals surface area contributed by atoms with Gasteiger partial charge in [0.2, 0.25) is 9.84 Å². The lowest BCUT2D eigenvalue weighted by molar-refractivity contribution is 0.472. The lowest BCUT2D eigenvalue weighted by Crippen LogP contribution is -1.92. The van der Waals surface area contributed by atoms with Crippen LogP contribution in [-0.2, 0) is 9.84 Å². The maximum Gasteiger partial charge on any atom is 0.200 e. The molecule has 1 aromatic carbocycles. The van der Waals surface area contributed by atoms with E-state index in [1.165, 1.54) is 24.3 Å². The highest BCUT2D eigenvalue weighted by molar-refractivity contribution is 7.94. The normalized spacial score (nSPS) is 17.7. The summed E-state index contributed by atoms with van der Waals surface area (Å²) in [5.41, 5.74) is 0.387. The van der Waals surface area contributed by atoms with Crippen LogP contribution in [0.2, 0.25) is 0 Å². The van der Waals surface area contributed by atoms with Gasteiger partial charge in [0.05, 0.1) is 4.90 Å². The Hall–Kier alpha value is -1.29. The summed E-state index contributed by atoms with van der Waals surface area (Å²) >= 11 is 0. The minimum absolute atomic E-state index is 0.00447. The van der Waals surface area contributed by atoms with Crippen molar-refractivity contribution in [2.75, 3.05) is 0 Å². The Kier molecular flexibility index (Phi) is 1.29. The second kappa shape index (κ2) is 2.10. The zero-order valence-corrected chi connectivity index (χ0v) is 6.88. The van der Waals surface area contributed by atoms with Crippen molar-refractivity contribution in [1.82, 2.24) is 0 Å². The predicted octanol–water partition coefficient (Wildman–Crippen LogP) is 1.15. The Labute approximate surface area is 69.9 Å². The fraction of sp³-hybridized carbons (Fsp3) is 0. The molecule has 1 N–H and O–H groups in total. The maximum atomic E-state index is 11.2. The molecule has 0 saturated heterocycles. The zero-order chi connectivity index (χ0) is 8.77. The summed E-state index contributed by atoms with van der Waals surface area (Å²) in [6, 6.07) is 4.45. The lowest BCUT2D eigenvalue weighted by Gasteiger charge is -1.98. The maximum absolute atomic E-state index is 11.2. The molecular formula is C8H6O3S. The highest BCUT2D eigenvalue weighted by atomic mass is 32.2. The van der Waals surface area contributed by atoms with Crippen LogP contribution in [-0.4, -0.2) is 13.5 Å². The molecule has 3 nitrogen and oxygen atoms in total. The molecule has 12 heavy (non-hydrogen) atoms. The quantitative estimate of drug-likeness (QED) is 0.654. The van der Waals surface area contributed by atoms with Gasteiger partial charge in [0.15, 0.2) is 0 Å². The number of phenols is 1. The van der Waals surface area contributed by atoms with Gasteiger partial charge in [0.25, 0.3) is 0 Å². The van der Waals surface area contributed by atoms with E-state index in [0.29, 0.717) is 5.56 Å². The topological polar surface area (TPSA) is 54.4 Å². The van der Waals surface area contributed by atoms with E-state index in [1.807, 2.05) is 0 Å². The molecule has 1 aliphatic heterocycles. The summed E-state index contributed by atoms with van der Waals surface area (Å²) in [4.78, 5) is 0.183. The molecule has 0 unspecified atom stereocenters. The molecule has 0 radical (unpaired) electrons. The first-order valence-electron chi connectivity index (χ1n) is 3.36. The number of benzene rings is 1. The van der Waals surface area contributed by atoms with Gasteiger partial charge in [0, 0.05) is 11.0 Å². The second-order valence-corrected chi connectivity index (χ2v) is 4.34. The molecule has 0 fully saturated rings. The van der Waals surface area contributed by atoms with Crippen LogP contribution in [0.4, 0.5) is 0 Å². The largest absolute Gasteiger partial charge is 0.507 e. The lowest BCUT2D eigenvalue weighted by atomic mass is 10.2. The SMILES string of the molecule is O=S1(=O)C=Cc2c(O)cccc21. The van der Waals surface area contributed by atoms with E-state index >= 15 is 0 Å². The molecule has 0 saturated carbocycles. The summed E-state index contributed by atoms with van der Waals surface area (Å²) in [5.74, 6) is 0.00447. The van der Waals surface area contributed by atoms with E-state index in [0.717, 1.165) is 5.41 Å². The van der Waals surface area contributed by atoms with Crippen molar-refractivity contribution in [3.05, 3.63) is 29.2 Å². The van der Waals surface area contributed by atoms with E-state index in [4.69, 9.17) is 0 Å². The van der Waals surface area contributed by atoms with Gasteiger partial charge in [-0.15, -0.1) is 0 Å². The summed E-state index contributed by atoms with van der Waals surface area (Å²) in [5, 5.41) is 10.3. The molecule has 0 atom stereocenters. The number of rotatable bonds is 0. The molecule has 0 aliphatic carbocycles. The molecule has 1 aromatic rings. The highest BCUT2D eigenvalue weighted by Crippen LogP contribution is 2.32. The first-order chi connectivity index (χ1) is 5.61. The van der Waals surface area contributed by atoms with Crippen molar-refractivity contribution in [3.8, 4) is 5.75 Å². The molecule has 0 amide bonds. The van der Waals surface area contributed by atoms with E-state index in [2.05, 4.69) is 0 Å². The predicted molar refractivity (Wildman–Crippen MR) is 44.3 cm³/mol. The fourth-order valence-corrected chi connectivity index (χ4v) is 2.39. The number of fused-ring (bicyclic) bond motifs is 1. The first-order valence-corrected chi connectivity index (χ1v) is 4.91. The van der Waals surface area contributed by atoms with Crippen LogP contribution in [0.25, 0.3) is 6.08 Å². The number of sulfone groups is 1. The van der Waals surface area contributed by atoms with Crippen LogP contribution in [0.1, 0.15) is 5.56 Å². The summed E-state index contributed by atoms with van der Waals surface area (Å²) in [6.07, 6.45) is 1.40. The van der Waals surface area contributed by atoms with Gasteiger partial charge in [-0.3, -0.25) is 0 Å². The summed E-state index contributed by atoms with van der Waals surface area (Å²) < 4.78 is 22.4. The Morgan fingerprint density at radius 2 is 2.00 bits per heavy atom. The summed E-state index contributed by atoms with van der Waals surface area (Å²) in [6.45, 7) is 0. The number of aromatic hydroxyl groups is 1. The number of phenolic OH excluding ortho intramolecular Hbond substituents is 1. The van der Waals surface area contributed by atoms with Crippen LogP contribution in [0.3, 0.4) is 0 Å². The van der Waals surface area contributed by atoms with Crippen molar-refractivity contribution in [3.63, 3.8) is 0 Å². The van der Waals surface area contributed by atoms with Crippen molar-refractivity contribution in [1.29, 1.82) is 0 Å². The standard InChI is InChI=1S/C8H6O3S/c9-7-2-1-3-8-6(7)4-5-12(8,10)11/h1-5,9H. The monoisotopic (exact) mass is 182 g/mol. The second-order valence-electron chi connectivity index (χ2n) is 2.54. The van der Waals surface area contributed by atoms with Gasteiger partial charge in [-0.2, -0.15) is 0 Å². The van der Waals surface area contributed by atoms with Crippen LogP contribution in [0.15, 0.2) is 28.5 Å². The van der Waals surface area contributed by atoms with Crippen molar-refractivity contribution in [2.45, 2.75) is 4.90 Å². The van der Waals surface area contributed by atoms with Gasteiger partial charge in [0.1, 0.15) is 5.75 Å². The molecule has 1 aliphatic rings. The molecule has 62 valence electrons. The number of hydrogen-bond donors (Lipinski definition) is 1. The Bertz CT molecular complexity index is 457. The molecule has 0 bridgehead atoms. The fourth-order valence-electron chi connectivity index (χ4n) is 1.18. The van der Waals surface area contributed by atoms with Gasteiger partial charge in [-0.1, -0.05) is 6.07 Å². The van der Waals surface area contributed by atoms with Crippen molar-refractivity contribution < 1.29 is 13.5 Å². The molecule has 2 rings (SSSR count). The van der Waals surface area contributed by atoms with E-state index in [9.17, 15) is 13.5 Å². The van der Waals surface area contributed by atoms with E-state index < -0.39 is 9.84 Å². The van der Waals surface area contributed by atoms with Crippen LogP contribution >= 0.6 is 0 Å². The third kappa shape index (κ3) is 0.848. The molecule has 4 heteroatoms. The number of hydrogen-bond acceptors (Lipinski definition) is 3. The van der Waals surface area contributed by atoms with E-state index in [1.54, 1.807) is 0 Å². The Morgan fingerprint density at radius 1 is 1.25 bits per heavy atom. The third-order valence-electron chi connectivity index (χ3n) is 1.76. The van der Waals surface area contributed by atoms with Gasteiger partial charge >= 0.3 is 0 Å². The van der Waals surface area contributed by atoms with Crippen molar-refractivity contribution >= 4 is 15.9 Å². The van der Waals surface area contributed by atoms with Crippen molar-refractivity contribution in [2.24, 2.45) is 0 Å². The van der Waals surface area contributed by atoms with Crippen LogP contribution < -0.4 is 0 Å². The Morgan fingerprint density at radius 3 is 2.67 bits per heavy atom. The minimum atomic E-state index is -3.27. The molecule has 0 spiro atoms. The van der Waals surface area contributed by atoms with Gasteiger partial charge in [-0.25, -0.2) is 8.42 Å². The van der Waals surface area contributed by atoms with Crippen LogP contribution in [0, 0.1) is 0 Å². The molecular weight excluding hydrogens is 176 g/mol. The van der Waals surface area contributed by atoms with Gasteiger partial charge < -0.3 is 5.11 Å². The smallest absolute Gasteiger partial charge is 0.200 e. The Balaban J connectivity index is 2.86. The van der Waals surface area contributed by atoms with Crippen LogP contribution in [0.5, 0.6) is 5.75 Å². The molecule has 0 aromatic heterocycles. The van der Waals surface area contributed by atoms with Gasteiger partial charge in [-0.05, 0) is 18.2 Å². The molecule has 1 heterocycles. The third-order valence-corrected chi connectivity index (χ3v) is 3.23. The average molecular weight is 182 g/mol.